The topological polar surface area (TPSA) is 90.2 Å². The van der Waals surface area contributed by atoms with Gasteiger partial charge in [0.2, 0.25) is 5.82 Å². The summed E-state index contributed by atoms with van der Waals surface area (Å²) in [5, 5.41) is 14.8. The smallest absolute Gasteiger partial charge is 0.373 e. The van der Waals surface area contributed by atoms with Gasteiger partial charge in [0.25, 0.3) is 0 Å². The van der Waals surface area contributed by atoms with E-state index in [0.29, 0.717) is 12.3 Å². The fourth-order valence-electron chi connectivity index (χ4n) is 3.98. The van der Waals surface area contributed by atoms with Gasteiger partial charge in [-0.15, -0.1) is 0 Å². The maximum Gasteiger partial charge on any atom is 0.373 e. The lowest BCUT2D eigenvalue weighted by molar-refractivity contribution is -0.385. The summed E-state index contributed by atoms with van der Waals surface area (Å²) in [4.78, 5) is 19.2. The van der Waals surface area contributed by atoms with Crippen molar-refractivity contribution in [1.82, 2.24) is 9.97 Å². The highest BCUT2D eigenvalue weighted by atomic mass is 16.6. The minimum atomic E-state index is -0.489. The number of aryl methyl sites for hydroxylation is 1. The third kappa shape index (κ3) is 10.9. The number of nitro groups is 1. The zero-order chi connectivity index (χ0) is 24.4. The maximum atomic E-state index is 11.7. The molecule has 0 atom stereocenters. The molecular weight excluding hydrogens is 428 g/mol. The molecule has 0 radical (unpaired) electrons. The standard InChI is InChI=1S/C27H42N4O3/c1-3-4-5-6-7-8-9-10-11-12-13-14-15-16-21-28-26-25(31(32)33)27(30-22-29-26)34-24-19-17-23(2)18-20-24/h17-20,22H,3-16,21H2,1-2H3,(H,28,29,30). The first-order valence-corrected chi connectivity index (χ1v) is 13.1. The molecule has 0 saturated carbocycles. The summed E-state index contributed by atoms with van der Waals surface area (Å²) in [6.07, 6.45) is 19.5. The van der Waals surface area contributed by atoms with Crippen molar-refractivity contribution in [2.45, 2.75) is 104 Å². The predicted octanol–water partition coefficient (Wildman–Crippen LogP) is 8.38. The first-order chi connectivity index (χ1) is 16.6. The summed E-state index contributed by atoms with van der Waals surface area (Å²) < 4.78 is 5.66. The van der Waals surface area contributed by atoms with Gasteiger partial charge in [-0.1, -0.05) is 108 Å². The summed E-state index contributed by atoms with van der Waals surface area (Å²) >= 11 is 0. The van der Waals surface area contributed by atoms with Crippen LogP contribution in [0.25, 0.3) is 0 Å². The molecule has 1 heterocycles. The van der Waals surface area contributed by atoms with Gasteiger partial charge in [0.15, 0.2) is 0 Å². The van der Waals surface area contributed by atoms with Crippen LogP contribution in [0.15, 0.2) is 30.6 Å². The van der Waals surface area contributed by atoms with Crippen LogP contribution in [0, 0.1) is 17.0 Å². The third-order valence-electron chi connectivity index (χ3n) is 6.03. The highest BCUT2D eigenvalue weighted by Crippen LogP contribution is 2.34. The van der Waals surface area contributed by atoms with Gasteiger partial charge in [-0.25, -0.2) is 4.98 Å². The molecule has 0 aliphatic rings. The number of nitrogens with zero attached hydrogens (tertiary/aromatic N) is 3. The van der Waals surface area contributed by atoms with E-state index in [1.165, 1.54) is 83.4 Å². The monoisotopic (exact) mass is 470 g/mol. The van der Waals surface area contributed by atoms with E-state index in [0.717, 1.165) is 18.4 Å². The molecule has 0 aliphatic heterocycles. The second kappa shape index (κ2) is 16.8. The Hall–Kier alpha value is -2.70. The Balaban J connectivity index is 1.61. The zero-order valence-corrected chi connectivity index (χ0v) is 21.1. The lowest BCUT2D eigenvalue weighted by atomic mass is 10.0. The second-order valence-electron chi connectivity index (χ2n) is 9.07. The van der Waals surface area contributed by atoms with Crippen molar-refractivity contribution in [3.05, 3.63) is 46.3 Å². The summed E-state index contributed by atoms with van der Waals surface area (Å²) in [6.45, 7) is 4.87. The normalized spacial score (nSPS) is 10.9. The Morgan fingerprint density at radius 3 is 1.88 bits per heavy atom. The van der Waals surface area contributed by atoms with E-state index < -0.39 is 4.92 Å². The molecule has 0 aliphatic carbocycles. The van der Waals surface area contributed by atoms with E-state index in [2.05, 4.69) is 22.2 Å². The van der Waals surface area contributed by atoms with Crippen molar-refractivity contribution in [3.8, 4) is 11.6 Å². The van der Waals surface area contributed by atoms with Crippen molar-refractivity contribution in [3.63, 3.8) is 0 Å². The van der Waals surface area contributed by atoms with E-state index in [1.54, 1.807) is 12.1 Å². The van der Waals surface area contributed by atoms with Crippen LogP contribution < -0.4 is 10.1 Å². The molecule has 1 aromatic heterocycles. The van der Waals surface area contributed by atoms with Crippen LogP contribution in [0.3, 0.4) is 0 Å². The summed E-state index contributed by atoms with van der Waals surface area (Å²) in [5.41, 5.74) is 0.855. The quantitative estimate of drug-likeness (QED) is 0.126. The van der Waals surface area contributed by atoms with E-state index in [9.17, 15) is 10.1 Å². The Labute approximate surface area is 204 Å². The Kier molecular flexibility index (Phi) is 13.6. The van der Waals surface area contributed by atoms with Crippen LogP contribution in [-0.2, 0) is 0 Å². The first-order valence-electron chi connectivity index (χ1n) is 13.1. The molecule has 1 N–H and O–H groups in total. The zero-order valence-electron chi connectivity index (χ0n) is 21.1. The number of unbranched alkanes of at least 4 members (excludes halogenated alkanes) is 13. The number of nitrogens with one attached hydrogen (secondary N) is 1. The van der Waals surface area contributed by atoms with Gasteiger partial charge in [-0.2, -0.15) is 4.98 Å². The predicted molar refractivity (Wildman–Crippen MR) is 139 cm³/mol. The molecule has 7 heteroatoms. The summed E-state index contributed by atoms with van der Waals surface area (Å²) in [6, 6.07) is 7.31. The molecule has 7 nitrogen and oxygen atoms in total. The van der Waals surface area contributed by atoms with Crippen LogP contribution in [0.2, 0.25) is 0 Å². The van der Waals surface area contributed by atoms with Gasteiger partial charge in [0.05, 0.1) is 4.92 Å². The highest BCUT2D eigenvalue weighted by Gasteiger charge is 2.24. The van der Waals surface area contributed by atoms with Crippen LogP contribution in [0.1, 0.15) is 102 Å². The van der Waals surface area contributed by atoms with E-state index >= 15 is 0 Å². The number of hydrogen-bond acceptors (Lipinski definition) is 6. The maximum absolute atomic E-state index is 11.7. The average Bonchev–Trinajstić information content (AvgIpc) is 2.83. The van der Waals surface area contributed by atoms with E-state index in [4.69, 9.17) is 4.74 Å². The molecule has 0 fully saturated rings. The van der Waals surface area contributed by atoms with Crippen molar-refractivity contribution in [1.29, 1.82) is 0 Å². The fourth-order valence-corrected chi connectivity index (χ4v) is 3.98. The van der Waals surface area contributed by atoms with Crippen LogP contribution >= 0.6 is 0 Å². The third-order valence-corrected chi connectivity index (χ3v) is 6.03. The van der Waals surface area contributed by atoms with Crippen molar-refractivity contribution in [2.75, 3.05) is 11.9 Å². The van der Waals surface area contributed by atoms with Crippen molar-refractivity contribution < 1.29 is 9.66 Å². The Morgan fingerprint density at radius 1 is 0.824 bits per heavy atom. The molecule has 2 rings (SSSR count). The van der Waals surface area contributed by atoms with Crippen molar-refractivity contribution in [2.24, 2.45) is 0 Å². The number of benzene rings is 1. The second-order valence-corrected chi connectivity index (χ2v) is 9.07. The highest BCUT2D eigenvalue weighted by molar-refractivity contribution is 5.61. The fraction of sp³-hybridized carbons (Fsp3) is 0.630. The molecular formula is C27H42N4O3. The Bertz CT molecular complexity index is 827. The van der Waals surface area contributed by atoms with E-state index in [1.807, 2.05) is 19.1 Å². The minimum Gasteiger partial charge on any atom is -0.434 e. The lowest BCUT2D eigenvalue weighted by Gasteiger charge is -2.09. The number of rotatable bonds is 19. The van der Waals surface area contributed by atoms with Crippen LogP contribution in [-0.4, -0.2) is 21.4 Å². The average molecular weight is 471 g/mol. The Morgan fingerprint density at radius 2 is 1.35 bits per heavy atom. The van der Waals surface area contributed by atoms with Gasteiger partial charge in [-0.3, -0.25) is 10.1 Å². The number of aromatic nitrogens is 2. The summed E-state index contributed by atoms with van der Waals surface area (Å²) in [5.74, 6) is 0.662. The first kappa shape index (κ1) is 27.5. The number of hydrogen-bond donors (Lipinski definition) is 1. The molecule has 188 valence electrons. The SMILES string of the molecule is CCCCCCCCCCCCCCCCNc1ncnc(Oc2ccc(C)cc2)c1[N+](=O)[O-]. The molecule has 0 saturated heterocycles. The molecule has 1 aromatic carbocycles. The van der Waals surface area contributed by atoms with Gasteiger partial charge in [-0.05, 0) is 25.5 Å². The lowest BCUT2D eigenvalue weighted by Crippen LogP contribution is -2.08. The number of ether oxygens (including phenoxy) is 1. The molecule has 0 unspecified atom stereocenters. The van der Waals surface area contributed by atoms with Gasteiger partial charge in [0, 0.05) is 6.54 Å². The summed E-state index contributed by atoms with van der Waals surface area (Å²) in [7, 11) is 0. The molecule has 0 amide bonds. The van der Waals surface area contributed by atoms with Crippen LogP contribution in [0.4, 0.5) is 11.5 Å². The largest absolute Gasteiger partial charge is 0.434 e. The van der Waals surface area contributed by atoms with Gasteiger partial charge < -0.3 is 10.1 Å². The molecule has 34 heavy (non-hydrogen) atoms. The van der Waals surface area contributed by atoms with E-state index in [-0.39, 0.29) is 17.4 Å². The van der Waals surface area contributed by atoms with Gasteiger partial charge >= 0.3 is 11.6 Å². The minimum absolute atomic E-state index is 0.0488. The molecule has 2 aromatic rings. The van der Waals surface area contributed by atoms with Crippen LogP contribution in [0.5, 0.6) is 11.6 Å². The van der Waals surface area contributed by atoms with Crippen molar-refractivity contribution >= 4 is 11.5 Å². The molecule has 0 spiro atoms. The van der Waals surface area contributed by atoms with Gasteiger partial charge in [0.1, 0.15) is 12.1 Å². The number of anilines is 1. The molecule has 0 bridgehead atoms.